The summed E-state index contributed by atoms with van der Waals surface area (Å²) in [6.07, 6.45) is 3.15. The van der Waals surface area contributed by atoms with Crippen LogP contribution in [0.2, 0.25) is 0 Å². The van der Waals surface area contributed by atoms with E-state index in [4.69, 9.17) is 0 Å². The van der Waals surface area contributed by atoms with Gasteiger partial charge in [0.15, 0.2) is 11.9 Å². The fraction of sp³-hybridized carbons (Fsp3) is 0.167. The maximum atomic E-state index is 4.48. The number of fused-ring (bicyclic) bond motifs is 1. The van der Waals surface area contributed by atoms with E-state index >= 15 is 0 Å². The molecule has 1 N–H and O–H groups in total. The molecule has 5 heteroatoms. The number of benzene rings is 1. The number of aliphatic imine (C=N–C) groups is 4. The molecule has 1 atom stereocenters. The lowest BCUT2D eigenvalue weighted by atomic mass is 10.2. The highest BCUT2D eigenvalue weighted by Gasteiger charge is 2.25. The SMILES string of the molecule is C1=NC(=NCc2ccccc2)C2N=CN=C2N1. The Kier molecular flexibility index (Phi) is 2.50. The molecule has 0 aliphatic carbocycles. The van der Waals surface area contributed by atoms with Crippen LogP contribution >= 0.6 is 0 Å². The van der Waals surface area contributed by atoms with Crippen molar-refractivity contribution < 1.29 is 0 Å². The van der Waals surface area contributed by atoms with Gasteiger partial charge >= 0.3 is 0 Å². The molecule has 0 radical (unpaired) electrons. The quantitative estimate of drug-likeness (QED) is 0.802. The maximum absolute atomic E-state index is 4.48. The van der Waals surface area contributed by atoms with Crippen molar-refractivity contribution in [2.24, 2.45) is 20.0 Å². The minimum absolute atomic E-state index is 0.149. The van der Waals surface area contributed by atoms with Crippen LogP contribution in [0, 0.1) is 0 Å². The second-order valence-electron chi connectivity index (χ2n) is 3.74. The first-order chi connectivity index (χ1) is 8.43. The van der Waals surface area contributed by atoms with E-state index in [1.807, 2.05) is 30.3 Å². The maximum Gasteiger partial charge on any atom is 0.168 e. The average molecular weight is 225 g/mol. The van der Waals surface area contributed by atoms with Gasteiger partial charge in [0.1, 0.15) is 12.2 Å². The molecule has 0 aromatic heterocycles. The Morgan fingerprint density at radius 2 is 2.12 bits per heavy atom. The number of hydrogen-bond donors (Lipinski definition) is 1. The molecule has 2 aliphatic rings. The van der Waals surface area contributed by atoms with Crippen LogP contribution < -0.4 is 5.32 Å². The van der Waals surface area contributed by atoms with E-state index in [0.717, 1.165) is 11.4 Å². The van der Waals surface area contributed by atoms with E-state index in [0.29, 0.717) is 12.4 Å². The lowest BCUT2D eigenvalue weighted by Crippen LogP contribution is -2.40. The molecular formula is C12H11N5. The summed E-state index contributed by atoms with van der Waals surface area (Å²) in [5.74, 6) is 1.51. The van der Waals surface area contributed by atoms with Gasteiger partial charge in [-0.2, -0.15) is 0 Å². The summed E-state index contributed by atoms with van der Waals surface area (Å²) < 4.78 is 0. The Bertz CT molecular complexity index is 527. The van der Waals surface area contributed by atoms with Crippen molar-refractivity contribution in [1.82, 2.24) is 5.32 Å². The Labute approximate surface area is 98.7 Å². The zero-order valence-corrected chi connectivity index (χ0v) is 9.11. The van der Waals surface area contributed by atoms with Gasteiger partial charge in [0.05, 0.1) is 12.9 Å². The first kappa shape index (κ1) is 9.89. The standard InChI is InChI=1S/C12H11N5/c1-2-4-9(5-3-1)6-13-11-10-12(15-7-14-10)17-8-16-11/h1-5,7-8,10H,6H2,(H,13,14,15,16,17). The third-order valence-corrected chi connectivity index (χ3v) is 2.59. The molecule has 0 amide bonds. The Hall–Kier alpha value is -2.30. The molecular weight excluding hydrogens is 214 g/mol. The second-order valence-corrected chi connectivity index (χ2v) is 3.74. The topological polar surface area (TPSA) is 61.5 Å². The normalized spacial score (nSPS) is 23.4. The number of nitrogens with zero attached hydrogens (tertiary/aromatic N) is 4. The minimum atomic E-state index is -0.149. The van der Waals surface area contributed by atoms with Crippen molar-refractivity contribution in [3.8, 4) is 0 Å². The molecule has 1 aromatic carbocycles. The molecule has 3 rings (SSSR count). The molecule has 84 valence electrons. The van der Waals surface area contributed by atoms with E-state index in [9.17, 15) is 0 Å². The fourth-order valence-corrected chi connectivity index (χ4v) is 1.73. The van der Waals surface area contributed by atoms with Crippen LogP contribution in [-0.2, 0) is 6.54 Å². The zero-order valence-electron chi connectivity index (χ0n) is 9.11. The number of hydrogen-bond acceptors (Lipinski definition) is 4. The van der Waals surface area contributed by atoms with Crippen LogP contribution in [0.3, 0.4) is 0 Å². The van der Waals surface area contributed by atoms with Crippen LogP contribution in [0.1, 0.15) is 5.56 Å². The summed E-state index contributed by atoms with van der Waals surface area (Å²) in [6, 6.07) is 9.93. The number of amidine groups is 2. The van der Waals surface area contributed by atoms with Crippen molar-refractivity contribution in [3.63, 3.8) is 0 Å². The van der Waals surface area contributed by atoms with Crippen molar-refractivity contribution in [3.05, 3.63) is 35.9 Å². The molecule has 2 heterocycles. The lowest BCUT2D eigenvalue weighted by Gasteiger charge is -2.14. The zero-order chi connectivity index (χ0) is 11.5. The molecule has 1 aromatic rings. The Morgan fingerprint density at radius 1 is 1.24 bits per heavy atom. The highest BCUT2D eigenvalue weighted by Crippen LogP contribution is 2.09. The van der Waals surface area contributed by atoms with Crippen molar-refractivity contribution in [1.29, 1.82) is 0 Å². The van der Waals surface area contributed by atoms with E-state index in [-0.39, 0.29) is 6.04 Å². The van der Waals surface area contributed by atoms with Gasteiger partial charge in [-0.3, -0.25) is 9.98 Å². The molecule has 2 aliphatic heterocycles. The summed E-state index contributed by atoms with van der Waals surface area (Å²) in [5, 5.41) is 2.96. The molecule has 0 fully saturated rings. The summed E-state index contributed by atoms with van der Waals surface area (Å²) in [7, 11) is 0. The summed E-state index contributed by atoms with van der Waals surface area (Å²) in [5.41, 5.74) is 1.16. The van der Waals surface area contributed by atoms with Crippen LogP contribution in [-0.4, -0.2) is 30.4 Å². The van der Waals surface area contributed by atoms with Crippen LogP contribution in [0.25, 0.3) is 0 Å². The van der Waals surface area contributed by atoms with Crippen LogP contribution in [0.5, 0.6) is 0 Å². The fourth-order valence-electron chi connectivity index (χ4n) is 1.73. The van der Waals surface area contributed by atoms with Gasteiger partial charge in [-0.15, -0.1) is 0 Å². The predicted molar refractivity (Wildman–Crippen MR) is 68.9 cm³/mol. The third-order valence-electron chi connectivity index (χ3n) is 2.59. The van der Waals surface area contributed by atoms with Gasteiger partial charge in [0, 0.05) is 0 Å². The molecule has 0 saturated carbocycles. The minimum Gasteiger partial charge on any atom is -0.332 e. The first-order valence-corrected chi connectivity index (χ1v) is 5.40. The second kappa shape index (κ2) is 4.29. The third kappa shape index (κ3) is 1.99. The predicted octanol–water partition coefficient (Wildman–Crippen LogP) is 1.03. The summed E-state index contributed by atoms with van der Waals surface area (Å²) in [4.78, 5) is 17.0. The largest absolute Gasteiger partial charge is 0.332 e. The van der Waals surface area contributed by atoms with Gasteiger partial charge in [0.2, 0.25) is 0 Å². The first-order valence-electron chi connectivity index (χ1n) is 5.40. The molecule has 0 spiro atoms. The van der Waals surface area contributed by atoms with Crippen LogP contribution in [0.15, 0.2) is 50.3 Å². The van der Waals surface area contributed by atoms with Gasteiger partial charge in [-0.05, 0) is 5.56 Å². The molecule has 0 saturated heterocycles. The molecule has 1 unspecified atom stereocenters. The number of rotatable bonds is 2. The Balaban J connectivity index is 1.80. The Morgan fingerprint density at radius 3 is 3.00 bits per heavy atom. The number of nitrogens with one attached hydrogen (secondary N) is 1. The van der Waals surface area contributed by atoms with Crippen molar-refractivity contribution in [2.75, 3.05) is 0 Å². The summed E-state index contributed by atoms with van der Waals surface area (Å²) >= 11 is 0. The molecule has 17 heavy (non-hydrogen) atoms. The van der Waals surface area contributed by atoms with E-state index in [1.54, 1.807) is 12.7 Å². The molecule has 0 bridgehead atoms. The van der Waals surface area contributed by atoms with E-state index < -0.39 is 0 Å². The van der Waals surface area contributed by atoms with Crippen LogP contribution in [0.4, 0.5) is 0 Å². The monoisotopic (exact) mass is 225 g/mol. The van der Waals surface area contributed by atoms with Gasteiger partial charge in [0.25, 0.3) is 0 Å². The molecule has 5 nitrogen and oxygen atoms in total. The van der Waals surface area contributed by atoms with Gasteiger partial charge in [-0.25, -0.2) is 9.98 Å². The highest BCUT2D eigenvalue weighted by atomic mass is 15.2. The van der Waals surface area contributed by atoms with E-state index in [1.165, 1.54) is 0 Å². The van der Waals surface area contributed by atoms with Crippen molar-refractivity contribution in [2.45, 2.75) is 12.6 Å². The van der Waals surface area contributed by atoms with E-state index in [2.05, 4.69) is 25.3 Å². The highest BCUT2D eigenvalue weighted by molar-refractivity contribution is 6.21. The summed E-state index contributed by atoms with van der Waals surface area (Å²) in [6.45, 7) is 0.618. The smallest absolute Gasteiger partial charge is 0.168 e. The van der Waals surface area contributed by atoms with Gasteiger partial charge in [-0.1, -0.05) is 30.3 Å². The van der Waals surface area contributed by atoms with Crippen molar-refractivity contribution >= 4 is 24.3 Å². The average Bonchev–Trinajstić information content (AvgIpc) is 2.86. The van der Waals surface area contributed by atoms with Gasteiger partial charge < -0.3 is 5.32 Å². The lowest BCUT2D eigenvalue weighted by molar-refractivity contribution is 1.00.